The number of imide groups is 1. The molecule has 4 amide bonds. The molecule has 1 aliphatic heterocycles. The number of hydrogen-bond donors (Lipinski definition) is 2. The van der Waals surface area contributed by atoms with E-state index in [1.165, 1.54) is 12.8 Å². The van der Waals surface area contributed by atoms with E-state index in [-0.39, 0.29) is 41.7 Å². The molecule has 128 valence electrons. The Hall–Kier alpha value is -1.57. The molecule has 7 nitrogen and oxygen atoms in total. The molecule has 23 heavy (non-hydrogen) atoms. The van der Waals surface area contributed by atoms with Crippen molar-refractivity contribution in [1.29, 1.82) is 0 Å². The van der Waals surface area contributed by atoms with Crippen LogP contribution in [0.4, 0.5) is 4.79 Å². The highest BCUT2D eigenvalue weighted by molar-refractivity contribution is 8.14. The molecule has 1 saturated heterocycles. The van der Waals surface area contributed by atoms with E-state index in [4.69, 9.17) is 0 Å². The molecule has 2 rings (SSSR count). The largest absolute Gasteiger partial charge is 0.356 e. The first-order valence-corrected chi connectivity index (χ1v) is 9.08. The molecule has 1 heterocycles. The number of hydrogen-bond acceptors (Lipinski definition) is 5. The number of carbonyl (C=O) groups is 4. The number of thioether (sulfide) groups is 1. The average molecular weight is 341 g/mol. The maximum Gasteiger partial charge on any atom is 0.288 e. The summed E-state index contributed by atoms with van der Waals surface area (Å²) in [4.78, 5) is 47.2. The maximum absolute atomic E-state index is 11.7. The lowest BCUT2D eigenvalue weighted by molar-refractivity contribution is -0.126. The highest BCUT2D eigenvalue weighted by Gasteiger charge is 2.29. The summed E-state index contributed by atoms with van der Waals surface area (Å²) in [7, 11) is 0. The fourth-order valence-corrected chi connectivity index (χ4v) is 3.50. The molecule has 2 aliphatic rings. The van der Waals surface area contributed by atoms with E-state index in [1.807, 2.05) is 0 Å². The minimum absolute atomic E-state index is 0.0384. The first kappa shape index (κ1) is 17.8. The molecule has 2 N–H and O–H groups in total. The van der Waals surface area contributed by atoms with Crippen molar-refractivity contribution in [2.75, 3.05) is 18.8 Å². The van der Waals surface area contributed by atoms with Gasteiger partial charge in [-0.3, -0.25) is 24.1 Å². The van der Waals surface area contributed by atoms with Gasteiger partial charge in [0, 0.05) is 32.0 Å². The van der Waals surface area contributed by atoms with E-state index in [0.29, 0.717) is 25.4 Å². The third kappa shape index (κ3) is 5.85. The van der Waals surface area contributed by atoms with Crippen LogP contribution in [-0.4, -0.2) is 52.7 Å². The Labute approximate surface area is 139 Å². The first-order chi connectivity index (χ1) is 11.1. The lowest BCUT2D eigenvalue weighted by atomic mass is 10.2. The fraction of sp³-hybridized carbons (Fsp3) is 0.733. The van der Waals surface area contributed by atoms with Crippen LogP contribution < -0.4 is 10.6 Å². The molecule has 8 heteroatoms. The molecular formula is C15H23N3O4S. The molecule has 0 radical (unpaired) electrons. The van der Waals surface area contributed by atoms with Crippen molar-refractivity contribution in [2.45, 2.75) is 51.0 Å². The summed E-state index contributed by atoms with van der Waals surface area (Å²) in [5.41, 5.74) is 0. The summed E-state index contributed by atoms with van der Waals surface area (Å²) >= 11 is 0.964. The Morgan fingerprint density at radius 2 is 1.87 bits per heavy atom. The van der Waals surface area contributed by atoms with Crippen LogP contribution in [0.3, 0.4) is 0 Å². The van der Waals surface area contributed by atoms with Crippen LogP contribution in [0.15, 0.2) is 0 Å². The summed E-state index contributed by atoms with van der Waals surface area (Å²) in [6.07, 6.45) is 5.58. The second-order valence-electron chi connectivity index (χ2n) is 5.85. The van der Waals surface area contributed by atoms with Gasteiger partial charge in [0.2, 0.25) is 17.7 Å². The van der Waals surface area contributed by atoms with Gasteiger partial charge in [0.1, 0.15) is 0 Å². The lowest BCUT2D eigenvalue weighted by Gasteiger charge is -2.13. The highest BCUT2D eigenvalue weighted by atomic mass is 32.2. The van der Waals surface area contributed by atoms with Gasteiger partial charge in [-0.25, -0.2) is 0 Å². The Bertz CT molecular complexity index is 461. The van der Waals surface area contributed by atoms with Crippen LogP contribution in [0.25, 0.3) is 0 Å². The summed E-state index contributed by atoms with van der Waals surface area (Å²) in [5.74, 6) is -0.247. The van der Waals surface area contributed by atoms with E-state index < -0.39 is 0 Å². The Balaban J connectivity index is 1.51. The molecule has 0 aromatic carbocycles. The van der Waals surface area contributed by atoms with E-state index in [0.717, 1.165) is 29.5 Å². The zero-order chi connectivity index (χ0) is 16.7. The fourth-order valence-electron chi connectivity index (χ4n) is 2.75. The topological polar surface area (TPSA) is 95.6 Å². The van der Waals surface area contributed by atoms with Gasteiger partial charge in [-0.15, -0.1) is 0 Å². The van der Waals surface area contributed by atoms with E-state index in [1.54, 1.807) is 0 Å². The van der Waals surface area contributed by atoms with E-state index in [2.05, 4.69) is 10.6 Å². The second-order valence-corrected chi connectivity index (χ2v) is 6.78. The summed E-state index contributed by atoms with van der Waals surface area (Å²) < 4.78 is 0. The van der Waals surface area contributed by atoms with Gasteiger partial charge in [-0.1, -0.05) is 24.6 Å². The molecular weight excluding hydrogens is 318 g/mol. The van der Waals surface area contributed by atoms with Crippen molar-refractivity contribution in [3.05, 3.63) is 0 Å². The Kier molecular flexibility index (Phi) is 6.88. The molecule has 0 bridgehead atoms. The van der Waals surface area contributed by atoms with E-state index >= 15 is 0 Å². The van der Waals surface area contributed by atoms with Crippen molar-refractivity contribution >= 4 is 34.7 Å². The van der Waals surface area contributed by atoms with Gasteiger partial charge >= 0.3 is 0 Å². The monoisotopic (exact) mass is 341 g/mol. The number of nitrogens with one attached hydrogen (secondary N) is 2. The van der Waals surface area contributed by atoms with Gasteiger partial charge in [-0.2, -0.15) is 0 Å². The zero-order valence-corrected chi connectivity index (χ0v) is 14.0. The molecule has 0 atom stereocenters. The van der Waals surface area contributed by atoms with Crippen molar-refractivity contribution < 1.29 is 19.2 Å². The number of rotatable bonds is 8. The van der Waals surface area contributed by atoms with Crippen LogP contribution in [0.1, 0.15) is 44.9 Å². The molecule has 0 spiro atoms. The van der Waals surface area contributed by atoms with Gasteiger partial charge in [0.05, 0.1) is 5.75 Å². The number of carbonyl (C=O) groups excluding carboxylic acids is 4. The number of nitrogens with zero attached hydrogens (tertiary/aromatic N) is 1. The summed E-state index contributed by atoms with van der Waals surface area (Å²) in [6, 6.07) is 0.325. The Morgan fingerprint density at radius 3 is 2.52 bits per heavy atom. The van der Waals surface area contributed by atoms with Crippen LogP contribution >= 0.6 is 11.8 Å². The lowest BCUT2D eigenvalue weighted by Crippen LogP contribution is -2.35. The minimum Gasteiger partial charge on any atom is -0.356 e. The third-order valence-corrected chi connectivity index (χ3v) is 4.88. The quantitative estimate of drug-likeness (QED) is 0.643. The third-order valence-electron chi connectivity index (χ3n) is 4.03. The molecule has 2 fully saturated rings. The molecule has 0 aromatic rings. The van der Waals surface area contributed by atoms with Crippen molar-refractivity contribution in [2.24, 2.45) is 0 Å². The first-order valence-electron chi connectivity index (χ1n) is 8.09. The standard InChI is InChI=1S/C15H23N3O4S/c19-12(7-9-18-14(21)10-23-15(18)22)16-8-3-6-13(20)17-11-4-1-2-5-11/h11H,1-10H2,(H,16,19)(H,17,20). The molecule has 0 aromatic heterocycles. The second kappa shape index (κ2) is 8.90. The molecule has 1 saturated carbocycles. The number of amides is 4. The van der Waals surface area contributed by atoms with Gasteiger partial charge < -0.3 is 10.6 Å². The van der Waals surface area contributed by atoms with Crippen molar-refractivity contribution in [3.8, 4) is 0 Å². The minimum atomic E-state index is -0.286. The Morgan fingerprint density at radius 1 is 1.13 bits per heavy atom. The van der Waals surface area contributed by atoms with Crippen LogP contribution in [0.5, 0.6) is 0 Å². The summed E-state index contributed by atoms with van der Waals surface area (Å²) in [6.45, 7) is 0.548. The van der Waals surface area contributed by atoms with Gasteiger partial charge in [0.25, 0.3) is 5.24 Å². The van der Waals surface area contributed by atoms with E-state index in [9.17, 15) is 19.2 Å². The van der Waals surface area contributed by atoms with Gasteiger partial charge in [-0.05, 0) is 19.3 Å². The van der Waals surface area contributed by atoms with Gasteiger partial charge in [0.15, 0.2) is 0 Å². The van der Waals surface area contributed by atoms with Crippen LogP contribution in [-0.2, 0) is 14.4 Å². The van der Waals surface area contributed by atoms with Crippen LogP contribution in [0.2, 0.25) is 0 Å². The zero-order valence-electron chi connectivity index (χ0n) is 13.1. The average Bonchev–Trinajstić information content (AvgIpc) is 3.12. The van der Waals surface area contributed by atoms with Crippen molar-refractivity contribution in [1.82, 2.24) is 15.5 Å². The predicted molar refractivity (Wildman–Crippen MR) is 86.8 cm³/mol. The van der Waals surface area contributed by atoms with Crippen molar-refractivity contribution in [3.63, 3.8) is 0 Å². The highest BCUT2D eigenvalue weighted by Crippen LogP contribution is 2.19. The SMILES string of the molecule is O=C(CCN1C(=O)CSC1=O)NCCCC(=O)NC1CCCC1. The normalized spacial score (nSPS) is 18.5. The summed E-state index contributed by atoms with van der Waals surface area (Å²) in [5, 5.41) is 5.43. The maximum atomic E-state index is 11.7. The molecule has 1 aliphatic carbocycles. The predicted octanol–water partition coefficient (Wildman–Crippen LogP) is 1.03. The smallest absolute Gasteiger partial charge is 0.288 e. The van der Waals surface area contributed by atoms with Crippen LogP contribution in [0, 0.1) is 0 Å². The molecule has 0 unspecified atom stereocenters.